The van der Waals surface area contributed by atoms with Gasteiger partial charge in [-0.1, -0.05) is 59.8 Å². The van der Waals surface area contributed by atoms with E-state index < -0.39 is 5.91 Å². The van der Waals surface area contributed by atoms with E-state index in [4.69, 9.17) is 19.8 Å². The summed E-state index contributed by atoms with van der Waals surface area (Å²) in [7, 11) is 0. The summed E-state index contributed by atoms with van der Waals surface area (Å²) in [5.74, 6) is 0.111. The van der Waals surface area contributed by atoms with E-state index in [9.17, 15) is 4.79 Å². The first-order valence-corrected chi connectivity index (χ1v) is 13.0. The molecule has 5 aromatic rings. The summed E-state index contributed by atoms with van der Waals surface area (Å²) >= 11 is 0. The van der Waals surface area contributed by atoms with E-state index in [1.165, 1.54) is 10.9 Å². The van der Waals surface area contributed by atoms with Crippen LogP contribution in [0.25, 0.3) is 16.6 Å². The Morgan fingerprint density at radius 3 is 2.71 bits per heavy atom. The van der Waals surface area contributed by atoms with Crippen molar-refractivity contribution in [3.8, 4) is 11.6 Å². The number of nitrogens with two attached hydrogens (primary N) is 1. The third kappa shape index (κ3) is 5.76. The van der Waals surface area contributed by atoms with Crippen molar-refractivity contribution in [2.24, 2.45) is 5.10 Å². The van der Waals surface area contributed by atoms with Crippen LogP contribution in [-0.2, 0) is 17.9 Å². The molecule has 0 unspecified atom stereocenters. The molecule has 2 aromatic heterocycles. The summed E-state index contributed by atoms with van der Waals surface area (Å²) in [6.07, 6.45) is 1.53. The second kappa shape index (κ2) is 11.9. The van der Waals surface area contributed by atoms with Gasteiger partial charge in [0.25, 0.3) is 5.91 Å². The van der Waals surface area contributed by atoms with Crippen LogP contribution in [-0.4, -0.2) is 68.6 Å². The van der Waals surface area contributed by atoms with Crippen LogP contribution in [0.4, 0.5) is 5.82 Å². The Kier molecular flexibility index (Phi) is 7.60. The van der Waals surface area contributed by atoms with Gasteiger partial charge in [-0.15, -0.1) is 5.10 Å². The summed E-state index contributed by atoms with van der Waals surface area (Å²) in [5, 5.41) is 22.2. The molecule has 13 heteroatoms. The van der Waals surface area contributed by atoms with Crippen LogP contribution in [0, 0.1) is 0 Å². The molecule has 208 valence electrons. The van der Waals surface area contributed by atoms with E-state index in [0.717, 1.165) is 16.3 Å². The predicted molar refractivity (Wildman–Crippen MR) is 150 cm³/mol. The number of nitrogen functional groups attached to an aromatic ring is 1. The van der Waals surface area contributed by atoms with Gasteiger partial charge in [0.05, 0.1) is 19.4 Å². The number of fused-ring (bicyclic) bond motifs is 1. The quantitative estimate of drug-likeness (QED) is 0.205. The zero-order valence-electron chi connectivity index (χ0n) is 22.0. The number of anilines is 1. The molecule has 3 N–H and O–H groups in total. The maximum atomic E-state index is 13.4. The standard InChI is InChI=1S/C28H27N9O4/c29-26-27(34-41-33-26)37-25(23(31-35-37)17-36-12-14-39-15-13-36)28(38)32-30-16-20-7-2-4-11-24(20)40-18-21-9-5-8-19-6-1-3-10-22(19)21/h1-11,16H,12-15,17-18H2,(H2,29,33)(H,32,38)/b30-16-. The SMILES string of the molecule is Nc1nonc1-n1nnc(CN2CCOCC2)c1C(=O)N/N=C\c1ccccc1OCc1cccc2ccccc12. The van der Waals surface area contributed by atoms with Crippen LogP contribution in [0.1, 0.15) is 27.3 Å². The predicted octanol–water partition coefficient (Wildman–Crippen LogP) is 2.56. The van der Waals surface area contributed by atoms with E-state index in [1.54, 1.807) is 0 Å². The number of hydrogen-bond acceptors (Lipinski definition) is 11. The first-order chi connectivity index (χ1) is 20.2. The zero-order valence-corrected chi connectivity index (χ0v) is 22.0. The molecular weight excluding hydrogens is 526 g/mol. The number of aromatic nitrogens is 5. The van der Waals surface area contributed by atoms with Crippen molar-refractivity contribution in [3.05, 3.63) is 89.2 Å². The summed E-state index contributed by atoms with van der Waals surface area (Å²) in [5.41, 5.74) is 10.8. The fraction of sp³-hybridized carbons (Fsp3) is 0.214. The smallest absolute Gasteiger partial charge is 0.292 e. The number of hydrazone groups is 1. The number of benzene rings is 3. The van der Waals surface area contributed by atoms with Crippen LogP contribution in [0.2, 0.25) is 0 Å². The van der Waals surface area contributed by atoms with Crippen molar-refractivity contribution in [2.75, 3.05) is 32.0 Å². The summed E-state index contributed by atoms with van der Waals surface area (Å²) in [6.45, 7) is 3.36. The number of nitrogens with one attached hydrogen (secondary N) is 1. The van der Waals surface area contributed by atoms with Gasteiger partial charge in [-0.2, -0.15) is 9.78 Å². The minimum atomic E-state index is -0.550. The number of rotatable bonds is 9. The number of hydrogen-bond donors (Lipinski definition) is 2. The van der Waals surface area contributed by atoms with Gasteiger partial charge in [0.1, 0.15) is 18.1 Å². The van der Waals surface area contributed by atoms with E-state index in [-0.39, 0.29) is 17.3 Å². The van der Waals surface area contributed by atoms with Gasteiger partial charge >= 0.3 is 0 Å². The lowest BCUT2D eigenvalue weighted by atomic mass is 10.1. The summed E-state index contributed by atoms with van der Waals surface area (Å²) in [6, 6.07) is 21.8. The van der Waals surface area contributed by atoms with Crippen LogP contribution in [0.5, 0.6) is 5.75 Å². The minimum Gasteiger partial charge on any atom is -0.488 e. The first kappa shape index (κ1) is 26.1. The Morgan fingerprint density at radius 1 is 1.05 bits per heavy atom. The molecule has 0 radical (unpaired) electrons. The lowest BCUT2D eigenvalue weighted by Crippen LogP contribution is -2.36. The molecule has 0 atom stereocenters. The molecule has 1 amide bonds. The molecule has 0 saturated carbocycles. The highest BCUT2D eigenvalue weighted by Crippen LogP contribution is 2.23. The molecule has 13 nitrogen and oxygen atoms in total. The van der Waals surface area contributed by atoms with E-state index >= 15 is 0 Å². The lowest BCUT2D eigenvalue weighted by Gasteiger charge is -2.25. The molecule has 6 rings (SSSR count). The number of amides is 1. The van der Waals surface area contributed by atoms with Crippen molar-refractivity contribution in [1.29, 1.82) is 0 Å². The highest BCUT2D eigenvalue weighted by molar-refractivity contribution is 5.95. The van der Waals surface area contributed by atoms with Crippen LogP contribution >= 0.6 is 0 Å². The monoisotopic (exact) mass is 553 g/mol. The van der Waals surface area contributed by atoms with Gasteiger partial charge in [-0.25, -0.2) is 10.1 Å². The second-order valence-electron chi connectivity index (χ2n) is 9.32. The third-order valence-electron chi connectivity index (χ3n) is 6.68. The van der Waals surface area contributed by atoms with Crippen LogP contribution in [0.15, 0.2) is 76.5 Å². The van der Waals surface area contributed by atoms with Gasteiger partial charge in [-0.3, -0.25) is 9.69 Å². The maximum absolute atomic E-state index is 13.4. The molecule has 1 fully saturated rings. The number of morpholine rings is 1. The van der Waals surface area contributed by atoms with Crippen molar-refractivity contribution in [1.82, 2.24) is 35.6 Å². The van der Waals surface area contributed by atoms with Gasteiger partial charge < -0.3 is 15.2 Å². The molecule has 1 aliphatic heterocycles. The van der Waals surface area contributed by atoms with E-state index in [1.807, 2.05) is 48.5 Å². The Morgan fingerprint density at radius 2 is 1.85 bits per heavy atom. The maximum Gasteiger partial charge on any atom is 0.292 e. The second-order valence-corrected chi connectivity index (χ2v) is 9.32. The first-order valence-electron chi connectivity index (χ1n) is 13.0. The highest BCUT2D eigenvalue weighted by Gasteiger charge is 2.26. The molecular formula is C28H27N9O4. The Bertz CT molecular complexity index is 1690. The Balaban J connectivity index is 1.20. The zero-order chi connectivity index (χ0) is 28.0. The van der Waals surface area contributed by atoms with Gasteiger partial charge in [0.15, 0.2) is 5.69 Å². The molecule has 1 saturated heterocycles. The molecule has 1 aliphatic rings. The third-order valence-corrected chi connectivity index (χ3v) is 6.68. The number of carbonyl (C=O) groups is 1. The molecule has 0 spiro atoms. The summed E-state index contributed by atoms with van der Waals surface area (Å²) in [4.78, 5) is 15.5. The Labute approximate surface area is 234 Å². The normalized spacial score (nSPS) is 14.0. The fourth-order valence-electron chi connectivity index (χ4n) is 4.61. The average molecular weight is 554 g/mol. The molecule has 0 bridgehead atoms. The fourth-order valence-corrected chi connectivity index (χ4v) is 4.61. The van der Waals surface area contributed by atoms with Crippen molar-refractivity contribution < 1.29 is 18.9 Å². The van der Waals surface area contributed by atoms with Gasteiger partial charge in [0, 0.05) is 25.2 Å². The van der Waals surface area contributed by atoms with Crippen LogP contribution < -0.4 is 15.9 Å². The van der Waals surface area contributed by atoms with Crippen molar-refractivity contribution in [3.63, 3.8) is 0 Å². The number of nitrogens with zero attached hydrogens (tertiary/aromatic N) is 7. The largest absolute Gasteiger partial charge is 0.488 e. The molecule has 3 heterocycles. The highest BCUT2D eigenvalue weighted by atomic mass is 16.6. The van der Waals surface area contributed by atoms with E-state index in [0.29, 0.717) is 56.5 Å². The van der Waals surface area contributed by atoms with Gasteiger partial charge in [-0.05, 0) is 38.8 Å². The molecule has 41 heavy (non-hydrogen) atoms. The van der Waals surface area contributed by atoms with Crippen molar-refractivity contribution >= 4 is 28.7 Å². The number of ether oxygens (including phenoxy) is 2. The minimum absolute atomic E-state index is 0.0253. The lowest BCUT2D eigenvalue weighted by molar-refractivity contribution is 0.0335. The average Bonchev–Trinajstić information content (AvgIpc) is 3.62. The number of carbonyl (C=O) groups excluding carboxylic acids is 1. The topological polar surface area (TPSA) is 159 Å². The molecule has 0 aliphatic carbocycles. The Hall–Kier alpha value is -5.14. The number of para-hydroxylation sites is 1. The summed E-state index contributed by atoms with van der Waals surface area (Å²) < 4.78 is 17.5. The molecule has 3 aromatic carbocycles. The van der Waals surface area contributed by atoms with Gasteiger partial charge in [0.2, 0.25) is 11.6 Å². The van der Waals surface area contributed by atoms with Crippen molar-refractivity contribution in [2.45, 2.75) is 13.2 Å². The van der Waals surface area contributed by atoms with E-state index in [2.05, 4.69) is 54.3 Å². The van der Waals surface area contributed by atoms with Crippen LogP contribution in [0.3, 0.4) is 0 Å².